The summed E-state index contributed by atoms with van der Waals surface area (Å²) >= 11 is 0. The van der Waals surface area contributed by atoms with E-state index in [4.69, 9.17) is 4.42 Å². The van der Waals surface area contributed by atoms with Gasteiger partial charge in [-0.15, -0.1) is 0 Å². The highest BCUT2D eigenvalue weighted by Gasteiger charge is 2.30. The predicted octanol–water partition coefficient (Wildman–Crippen LogP) is 3.00. The van der Waals surface area contributed by atoms with Crippen molar-refractivity contribution in [2.45, 2.75) is 38.9 Å². The van der Waals surface area contributed by atoms with E-state index in [1.807, 2.05) is 41.3 Å². The second-order valence-corrected chi connectivity index (χ2v) is 6.50. The number of furan rings is 1. The second-order valence-electron chi connectivity index (χ2n) is 6.50. The molecule has 1 aliphatic rings. The molecule has 1 fully saturated rings. The lowest BCUT2D eigenvalue weighted by molar-refractivity contribution is -0.133. The van der Waals surface area contributed by atoms with E-state index < -0.39 is 0 Å². The van der Waals surface area contributed by atoms with Crippen molar-refractivity contribution in [2.75, 3.05) is 13.1 Å². The Bertz CT molecular complexity index is 715. The first-order chi connectivity index (χ1) is 12.7. The molecular weight excluding hydrogens is 330 g/mol. The Morgan fingerprint density at radius 2 is 2.04 bits per heavy atom. The highest BCUT2D eigenvalue weighted by molar-refractivity contribution is 5.80. The van der Waals surface area contributed by atoms with Gasteiger partial charge in [-0.1, -0.05) is 37.3 Å². The van der Waals surface area contributed by atoms with Gasteiger partial charge in [0.25, 0.3) is 0 Å². The maximum Gasteiger partial charge on any atom is 0.317 e. The Kier molecular flexibility index (Phi) is 5.94. The number of amides is 3. The van der Waals surface area contributed by atoms with Crippen LogP contribution in [0.25, 0.3) is 0 Å². The molecule has 1 aromatic heterocycles. The number of nitrogens with zero attached hydrogens (tertiary/aromatic N) is 2. The van der Waals surface area contributed by atoms with E-state index in [1.54, 1.807) is 17.2 Å². The van der Waals surface area contributed by atoms with Crippen LogP contribution in [0.5, 0.6) is 0 Å². The molecule has 1 atom stereocenters. The molecule has 3 amide bonds. The summed E-state index contributed by atoms with van der Waals surface area (Å²) in [5, 5.41) is 2.87. The van der Waals surface area contributed by atoms with Gasteiger partial charge in [-0.25, -0.2) is 4.79 Å². The molecule has 0 bridgehead atoms. The van der Waals surface area contributed by atoms with Crippen molar-refractivity contribution < 1.29 is 14.0 Å². The molecule has 1 aromatic carbocycles. The lowest BCUT2D eigenvalue weighted by Gasteiger charge is -2.31. The first-order valence-corrected chi connectivity index (χ1v) is 9.06. The van der Waals surface area contributed by atoms with Gasteiger partial charge >= 0.3 is 6.03 Å². The summed E-state index contributed by atoms with van der Waals surface area (Å²) in [5.41, 5.74) is 1.11. The van der Waals surface area contributed by atoms with Crippen LogP contribution in [-0.4, -0.2) is 40.9 Å². The number of nitrogens with one attached hydrogen (secondary N) is 1. The van der Waals surface area contributed by atoms with Crippen LogP contribution in [0.15, 0.2) is 53.1 Å². The Hall–Kier alpha value is -2.76. The number of urea groups is 1. The van der Waals surface area contributed by atoms with Gasteiger partial charge in [0.15, 0.2) is 0 Å². The Labute approximate surface area is 153 Å². The van der Waals surface area contributed by atoms with Gasteiger partial charge in [0, 0.05) is 32.1 Å². The molecule has 0 saturated carbocycles. The quantitative estimate of drug-likeness (QED) is 0.897. The molecular formula is C20H25N3O3. The summed E-state index contributed by atoms with van der Waals surface area (Å²) in [7, 11) is 0. The Balaban J connectivity index is 1.64. The average Bonchev–Trinajstić information content (AvgIpc) is 3.13. The molecule has 26 heavy (non-hydrogen) atoms. The van der Waals surface area contributed by atoms with E-state index in [0.29, 0.717) is 38.4 Å². The molecule has 1 saturated heterocycles. The topological polar surface area (TPSA) is 65.8 Å². The second kappa shape index (κ2) is 8.56. The minimum atomic E-state index is -0.158. The van der Waals surface area contributed by atoms with Crippen LogP contribution < -0.4 is 5.32 Å². The molecule has 6 nitrogen and oxygen atoms in total. The van der Waals surface area contributed by atoms with Gasteiger partial charge in [0.1, 0.15) is 5.76 Å². The van der Waals surface area contributed by atoms with E-state index in [1.165, 1.54) is 0 Å². The number of benzene rings is 1. The first-order valence-electron chi connectivity index (χ1n) is 9.06. The molecule has 2 heterocycles. The van der Waals surface area contributed by atoms with Crippen LogP contribution in [0, 0.1) is 0 Å². The van der Waals surface area contributed by atoms with E-state index in [0.717, 1.165) is 12.0 Å². The normalized spacial score (nSPS) is 17.9. The largest absolute Gasteiger partial charge is 0.467 e. The summed E-state index contributed by atoms with van der Waals surface area (Å²) in [6.07, 6.45) is 2.73. The van der Waals surface area contributed by atoms with Gasteiger partial charge in [0.2, 0.25) is 5.91 Å². The summed E-state index contributed by atoms with van der Waals surface area (Å²) < 4.78 is 5.24. The van der Waals surface area contributed by atoms with E-state index >= 15 is 0 Å². The molecule has 2 aromatic rings. The minimum absolute atomic E-state index is 0.0135. The Morgan fingerprint density at radius 3 is 2.73 bits per heavy atom. The van der Waals surface area contributed by atoms with Crippen molar-refractivity contribution in [1.29, 1.82) is 0 Å². The fourth-order valence-corrected chi connectivity index (χ4v) is 3.24. The first kappa shape index (κ1) is 18.0. The van der Waals surface area contributed by atoms with Crippen LogP contribution in [0.2, 0.25) is 0 Å². The maximum atomic E-state index is 12.7. The molecule has 3 rings (SSSR count). The number of hydrogen-bond donors (Lipinski definition) is 1. The molecule has 0 unspecified atom stereocenters. The molecule has 1 aliphatic heterocycles. The van der Waals surface area contributed by atoms with Crippen molar-refractivity contribution in [2.24, 2.45) is 0 Å². The van der Waals surface area contributed by atoms with Gasteiger partial charge in [0.05, 0.1) is 12.8 Å². The van der Waals surface area contributed by atoms with Gasteiger partial charge in [-0.05, 0) is 24.1 Å². The fraction of sp³-hybridized carbons (Fsp3) is 0.400. The van der Waals surface area contributed by atoms with Crippen molar-refractivity contribution in [3.63, 3.8) is 0 Å². The zero-order chi connectivity index (χ0) is 18.4. The monoisotopic (exact) mass is 355 g/mol. The number of hydrogen-bond acceptors (Lipinski definition) is 3. The fourth-order valence-electron chi connectivity index (χ4n) is 3.24. The van der Waals surface area contributed by atoms with Gasteiger partial charge in [-0.2, -0.15) is 0 Å². The van der Waals surface area contributed by atoms with Crippen LogP contribution in [0.4, 0.5) is 4.79 Å². The highest BCUT2D eigenvalue weighted by Crippen LogP contribution is 2.18. The van der Waals surface area contributed by atoms with Crippen molar-refractivity contribution in [3.8, 4) is 0 Å². The number of carbonyl (C=O) groups excluding carboxylic acids is 2. The molecule has 1 N–H and O–H groups in total. The van der Waals surface area contributed by atoms with Crippen LogP contribution >= 0.6 is 0 Å². The zero-order valence-electron chi connectivity index (χ0n) is 15.1. The van der Waals surface area contributed by atoms with Crippen molar-refractivity contribution in [3.05, 3.63) is 60.1 Å². The molecule has 0 spiro atoms. The summed E-state index contributed by atoms with van der Waals surface area (Å²) in [6.45, 7) is 3.96. The predicted molar refractivity (Wildman–Crippen MR) is 98.2 cm³/mol. The zero-order valence-corrected chi connectivity index (χ0v) is 15.1. The van der Waals surface area contributed by atoms with E-state index in [2.05, 4.69) is 12.2 Å². The molecule has 138 valence electrons. The van der Waals surface area contributed by atoms with E-state index in [-0.39, 0.29) is 18.0 Å². The standard InChI is InChI=1S/C20H25N3O3/c1-2-17-15-22(20(25)21-13-18-9-6-12-26-18)11-10-19(24)23(17)14-16-7-4-3-5-8-16/h3-9,12,17H,2,10-11,13-15H2,1H3,(H,21,25)/t17-/m0/s1. The lowest BCUT2D eigenvalue weighted by Crippen LogP contribution is -2.46. The molecule has 0 aliphatic carbocycles. The van der Waals surface area contributed by atoms with Crippen LogP contribution in [0.3, 0.4) is 0 Å². The highest BCUT2D eigenvalue weighted by atomic mass is 16.3. The van der Waals surface area contributed by atoms with Gasteiger partial charge in [-0.3, -0.25) is 4.79 Å². The van der Waals surface area contributed by atoms with Crippen LogP contribution in [0.1, 0.15) is 31.1 Å². The third kappa shape index (κ3) is 4.45. The average molecular weight is 355 g/mol. The third-order valence-corrected chi connectivity index (χ3v) is 4.74. The Morgan fingerprint density at radius 1 is 1.23 bits per heavy atom. The summed E-state index contributed by atoms with van der Waals surface area (Å²) in [6, 6.07) is 13.4. The molecule has 0 radical (unpaired) electrons. The van der Waals surface area contributed by atoms with Gasteiger partial charge < -0.3 is 19.5 Å². The molecule has 6 heteroatoms. The minimum Gasteiger partial charge on any atom is -0.467 e. The van der Waals surface area contributed by atoms with Crippen LogP contribution in [-0.2, 0) is 17.9 Å². The summed E-state index contributed by atoms with van der Waals surface area (Å²) in [4.78, 5) is 28.8. The van der Waals surface area contributed by atoms with E-state index in [9.17, 15) is 9.59 Å². The van der Waals surface area contributed by atoms with Crippen molar-refractivity contribution >= 4 is 11.9 Å². The maximum absolute atomic E-state index is 12.7. The smallest absolute Gasteiger partial charge is 0.317 e. The SMILES string of the molecule is CC[C@H]1CN(C(=O)NCc2ccco2)CCC(=O)N1Cc1ccccc1. The number of carbonyl (C=O) groups is 2. The van der Waals surface area contributed by atoms with Crippen molar-refractivity contribution in [1.82, 2.24) is 15.1 Å². The number of rotatable bonds is 5. The lowest BCUT2D eigenvalue weighted by atomic mass is 10.1. The third-order valence-electron chi connectivity index (χ3n) is 4.74. The summed E-state index contributed by atoms with van der Waals surface area (Å²) in [5.74, 6) is 0.809.